The van der Waals surface area contributed by atoms with E-state index in [9.17, 15) is 13.2 Å². The van der Waals surface area contributed by atoms with Crippen LogP contribution in [-0.2, 0) is 40.9 Å². The highest BCUT2D eigenvalue weighted by atomic mass is 32.2. The minimum absolute atomic E-state index is 0.0700. The van der Waals surface area contributed by atoms with E-state index in [-0.39, 0.29) is 28.6 Å². The topological polar surface area (TPSA) is 93.9 Å². The van der Waals surface area contributed by atoms with E-state index in [4.69, 9.17) is 0 Å². The molecule has 156 valence electrons. The molecule has 0 saturated carbocycles. The minimum Gasteiger partial charge on any atom is -0.325 e. The molecule has 2 aromatic rings. The number of carbonyl (C=O) groups excluding carboxylic acids is 1. The molecule has 1 fully saturated rings. The standard InChI is InChI=1S/C20H26N4O3S2/c1-13(19(25)21-17-7-6-15-4-3-5-16(15)11-17)28-20-23-22-18(24(20)2)10-14-8-9-29(26,27)12-14/h6-7,11,13-14H,3-5,8-10,12H2,1-2H3,(H,21,25)/t13-,14-/m0/s1. The summed E-state index contributed by atoms with van der Waals surface area (Å²) < 4.78 is 25.2. The third-order valence-electron chi connectivity index (χ3n) is 5.74. The zero-order valence-corrected chi connectivity index (χ0v) is 18.4. The molecular weight excluding hydrogens is 408 g/mol. The zero-order valence-electron chi connectivity index (χ0n) is 16.7. The van der Waals surface area contributed by atoms with Gasteiger partial charge in [-0.1, -0.05) is 17.8 Å². The van der Waals surface area contributed by atoms with E-state index in [1.54, 1.807) is 0 Å². The predicted octanol–water partition coefficient (Wildman–Crippen LogP) is 2.40. The van der Waals surface area contributed by atoms with Gasteiger partial charge >= 0.3 is 0 Å². The Balaban J connectivity index is 1.36. The second kappa shape index (κ2) is 8.10. The molecule has 2 atom stereocenters. The number of aryl methyl sites for hydroxylation is 2. The van der Waals surface area contributed by atoms with Crippen LogP contribution in [-0.4, -0.2) is 45.8 Å². The molecular formula is C20H26N4O3S2. The van der Waals surface area contributed by atoms with Crippen molar-refractivity contribution in [2.45, 2.75) is 49.4 Å². The molecule has 9 heteroatoms. The maximum absolute atomic E-state index is 12.6. The van der Waals surface area contributed by atoms with E-state index in [0.717, 1.165) is 24.4 Å². The predicted molar refractivity (Wildman–Crippen MR) is 114 cm³/mol. The largest absolute Gasteiger partial charge is 0.325 e. The Labute approximate surface area is 175 Å². The lowest BCUT2D eigenvalue weighted by atomic mass is 10.1. The number of nitrogens with one attached hydrogen (secondary N) is 1. The van der Waals surface area contributed by atoms with Crippen molar-refractivity contribution in [2.24, 2.45) is 13.0 Å². The molecule has 2 aliphatic rings. The van der Waals surface area contributed by atoms with Crippen LogP contribution in [0.1, 0.15) is 36.7 Å². The van der Waals surface area contributed by atoms with Crippen molar-refractivity contribution in [3.63, 3.8) is 0 Å². The van der Waals surface area contributed by atoms with Gasteiger partial charge in [0.1, 0.15) is 5.82 Å². The van der Waals surface area contributed by atoms with Crippen LogP contribution in [0.25, 0.3) is 0 Å². The normalized spacial score (nSPS) is 21.1. The van der Waals surface area contributed by atoms with Crippen LogP contribution in [0.2, 0.25) is 0 Å². The molecule has 1 saturated heterocycles. The number of anilines is 1. The molecule has 0 spiro atoms. The van der Waals surface area contributed by atoms with Gasteiger partial charge in [-0.15, -0.1) is 10.2 Å². The van der Waals surface area contributed by atoms with Crippen LogP contribution in [0.4, 0.5) is 5.69 Å². The number of hydrogen-bond donors (Lipinski definition) is 1. The van der Waals surface area contributed by atoms with Gasteiger partial charge in [0, 0.05) is 19.2 Å². The fourth-order valence-corrected chi connectivity index (χ4v) is 6.72. The summed E-state index contributed by atoms with van der Waals surface area (Å²) in [6.07, 6.45) is 4.65. The number of sulfone groups is 1. The Bertz CT molecular complexity index is 1030. The lowest BCUT2D eigenvalue weighted by molar-refractivity contribution is -0.115. The highest BCUT2D eigenvalue weighted by Crippen LogP contribution is 2.28. The Morgan fingerprint density at radius 3 is 2.86 bits per heavy atom. The van der Waals surface area contributed by atoms with Gasteiger partial charge in [-0.25, -0.2) is 8.42 Å². The lowest BCUT2D eigenvalue weighted by Gasteiger charge is -2.13. The van der Waals surface area contributed by atoms with Gasteiger partial charge in [0.15, 0.2) is 15.0 Å². The van der Waals surface area contributed by atoms with E-state index >= 15 is 0 Å². The first-order chi connectivity index (χ1) is 13.8. The fraction of sp³-hybridized carbons (Fsp3) is 0.550. The molecule has 1 aliphatic heterocycles. The zero-order chi connectivity index (χ0) is 20.6. The Hall–Kier alpha value is -1.87. The van der Waals surface area contributed by atoms with Crippen LogP contribution >= 0.6 is 11.8 Å². The maximum atomic E-state index is 12.6. The molecule has 29 heavy (non-hydrogen) atoms. The summed E-state index contributed by atoms with van der Waals surface area (Å²) in [6, 6.07) is 6.15. The van der Waals surface area contributed by atoms with Gasteiger partial charge in [0.05, 0.1) is 16.8 Å². The van der Waals surface area contributed by atoms with Gasteiger partial charge in [0.25, 0.3) is 0 Å². The molecule has 4 rings (SSSR count). The summed E-state index contributed by atoms with van der Waals surface area (Å²) >= 11 is 1.36. The fourth-order valence-electron chi connectivity index (χ4n) is 4.02. The number of rotatable bonds is 6. The number of thioether (sulfide) groups is 1. The summed E-state index contributed by atoms with van der Waals surface area (Å²) in [6.45, 7) is 1.85. The van der Waals surface area contributed by atoms with Crippen molar-refractivity contribution >= 4 is 33.2 Å². The molecule has 0 unspecified atom stereocenters. The molecule has 1 aliphatic carbocycles. The molecule has 0 radical (unpaired) electrons. The van der Waals surface area contributed by atoms with Crippen molar-refractivity contribution in [3.8, 4) is 0 Å². The summed E-state index contributed by atoms with van der Waals surface area (Å²) in [4.78, 5) is 12.6. The van der Waals surface area contributed by atoms with Crippen molar-refractivity contribution < 1.29 is 13.2 Å². The quantitative estimate of drug-likeness (QED) is 0.702. The van der Waals surface area contributed by atoms with Gasteiger partial charge < -0.3 is 9.88 Å². The van der Waals surface area contributed by atoms with Crippen LogP contribution in [0.3, 0.4) is 0 Å². The van der Waals surface area contributed by atoms with Gasteiger partial charge in [-0.05, 0) is 61.8 Å². The minimum atomic E-state index is -2.90. The van der Waals surface area contributed by atoms with Gasteiger partial charge in [-0.2, -0.15) is 0 Å². The maximum Gasteiger partial charge on any atom is 0.237 e. The third-order valence-corrected chi connectivity index (χ3v) is 8.71. The number of carbonyl (C=O) groups is 1. The number of benzene rings is 1. The van der Waals surface area contributed by atoms with E-state index in [2.05, 4.69) is 27.6 Å². The Morgan fingerprint density at radius 2 is 2.10 bits per heavy atom. The highest BCUT2D eigenvalue weighted by molar-refractivity contribution is 8.00. The van der Waals surface area contributed by atoms with Crippen molar-refractivity contribution in [1.82, 2.24) is 14.8 Å². The van der Waals surface area contributed by atoms with Crippen LogP contribution < -0.4 is 5.32 Å². The van der Waals surface area contributed by atoms with Crippen LogP contribution in [0.5, 0.6) is 0 Å². The summed E-state index contributed by atoms with van der Waals surface area (Å²) in [5.74, 6) is 1.28. The van der Waals surface area contributed by atoms with E-state index < -0.39 is 9.84 Å². The molecule has 1 amide bonds. The third kappa shape index (κ3) is 4.66. The van der Waals surface area contributed by atoms with Crippen molar-refractivity contribution in [1.29, 1.82) is 0 Å². The molecule has 1 N–H and O–H groups in total. The number of aromatic nitrogens is 3. The Morgan fingerprint density at radius 1 is 1.31 bits per heavy atom. The Kier molecular flexibility index (Phi) is 5.70. The second-order valence-electron chi connectivity index (χ2n) is 8.02. The second-order valence-corrected chi connectivity index (χ2v) is 11.6. The van der Waals surface area contributed by atoms with E-state index in [1.807, 2.05) is 24.6 Å². The lowest BCUT2D eigenvalue weighted by Crippen LogP contribution is -2.23. The highest BCUT2D eigenvalue weighted by Gasteiger charge is 2.29. The summed E-state index contributed by atoms with van der Waals surface area (Å²) in [5, 5.41) is 11.8. The average molecular weight is 435 g/mol. The molecule has 1 aromatic heterocycles. The molecule has 7 nitrogen and oxygen atoms in total. The summed E-state index contributed by atoms with van der Waals surface area (Å²) in [5.41, 5.74) is 3.55. The number of hydrogen-bond acceptors (Lipinski definition) is 6. The average Bonchev–Trinajstić information content (AvgIpc) is 3.36. The van der Waals surface area contributed by atoms with E-state index in [0.29, 0.717) is 18.0 Å². The van der Waals surface area contributed by atoms with E-state index in [1.165, 1.54) is 29.3 Å². The molecule has 1 aromatic carbocycles. The number of nitrogens with zero attached hydrogens (tertiary/aromatic N) is 3. The number of fused-ring (bicyclic) bond motifs is 1. The first-order valence-electron chi connectivity index (χ1n) is 9.99. The molecule has 0 bridgehead atoms. The smallest absolute Gasteiger partial charge is 0.237 e. The van der Waals surface area contributed by atoms with Crippen LogP contribution in [0.15, 0.2) is 23.4 Å². The SMILES string of the molecule is C[C@H](Sc1nnc(C[C@@H]2CCS(=O)(=O)C2)n1C)C(=O)Nc1ccc2c(c1)CCC2. The van der Waals surface area contributed by atoms with Crippen molar-refractivity contribution in [3.05, 3.63) is 35.2 Å². The first kappa shape index (κ1) is 20.4. The summed E-state index contributed by atoms with van der Waals surface area (Å²) in [7, 11) is -1.03. The van der Waals surface area contributed by atoms with Crippen molar-refractivity contribution in [2.75, 3.05) is 16.8 Å². The first-order valence-corrected chi connectivity index (χ1v) is 12.7. The van der Waals surface area contributed by atoms with Gasteiger partial charge in [-0.3, -0.25) is 4.79 Å². The van der Waals surface area contributed by atoms with Crippen LogP contribution in [0, 0.1) is 5.92 Å². The monoisotopic (exact) mass is 434 g/mol. The number of amides is 1. The molecule has 2 heterocycles. The van der Waals surface area contributed by atoms with Gasteiger partial charge in [0.2, 0.25) is 5.91 Å².